The monoisotopic (exact) mass is 423 g/mol. The van der Waals surface area contributed by atoms with Crippen molar-refractivity contribution in [1.29, 1.82) is 0 Å². The van der Waals surface area contributed by atoms with E-state index in [1.165, 1.54) is 6.42 Å². The summed E-state index contributed by atoms with van der Waals surface area (Å²) in [6.45, 7) is 3.24. The number of nitrogens with zero attached hydrogens (tertiary/aromatic N) is 4. The number of benzene rings is 1. The average molecular weight is 424 g/mol. The van der Waals surface area contributed by atoms with Gasteiger partial charge in [-0.2, -0.15) is 0 Å². The normalized spacial score (nSPS) is 29.6. The van der Waals surface area contributed by atoms with Gasteiger partial charge >= 0.3 is 0 Å². The number of nitrogens with one attached hydrogen (secondary N) is 1. The molecule has 166 valence electrons. The van der Waals surface area contributed by atoms with Gasteiger partial charge in [0.2, 0.25) is 5.91 Å². The highest BCUT2D eigenvalue weighted by Crippen LogP contribution is 2.38. The molecule has 4 atom stereocenters. The lowest BCUT2D eigenvalue weighted by Gasteiger charge is -2.49. The maximum atomic E-state index is 12.8. The molecule has 1 aliphatic carbocycles. The summed E-state index contributed by atoms with van der Waals surface area (Å²) in [4.78, 5) is 15.3. The molecule has 4 heterocycles. The zero-order valence-electron chi connectivity index (χ0n) is 18.1. The predicted molar refractivity (Wildman–Crippen MR) is 117 cm³/mol. The second kappa shape index (κ2) is 8.71. The van der Waals surface area contributed by atoms with Gasteiger partial charge in [0.1, 0.15) is 11.3 Å². The minimum absolute atomic E-state index is 0.0722. The molecule has 2 N–H and O–H groups in total. The first-order chi connectivity index (χ1) is 15.1. The number of carbonyl (C=O) groups is 1. The fraction of sp³-hybridized carbons (Fsp3) is 0.625. The summed E-state index contributed by atoms with van der Waals surface area (Å²) >= 11 is 0. The SMILES string of the molecule is O=C(NCc1ccccc1)[C@@H]1CN2CC[C@H]1C[C@@H]2Cn1cc(C2(O)CCCCC2)nn1. The van der Waals surface area contributed by atoms with Crippen LogP contribution >= 0.6 is 0 Å². The molecule has 7 heteroatoms. The summed E-state index contributed by atoms with van der Waals surface area (Å²) in [6.07, 6.45) is 8.90. The van der Waals surface area contributed by atoms with Gasteiger partial charge in [0.05, 0.1) is 18.7 Å². The minimum atomic E-state index is -0.801. The molecule has 1 amide bonds. The Morgan fingerprint density at radius 1 is 1.19 bits per heavy atom. The Labute approximate surface area is 183 Å². The first kappa shape index (κ1) is 20.6. The fourth-order valence-electron chi connectivity index (χ4n) is 5.75. The molecule has 4 fully saturated rings. The molecular weight excluding hydrogens is 390 g/mol. The number of hydrogen-bond donors (Lipinski definition) is 2. The third kappa shape index (κ3) is 4.39. The molecule has 2 aromatic rings. The molecule has 1 aromatic heterocycles. The average Bonchev–Trinajstić information content (AvgIpc) is 3.29. The van der Waals surface area contributed by atoms with Crippen molar-refractivity contribution < 1.29 is 9.90 Å². The highest BCUT2D eigenvalue weighted by Gasteiger charge is 2.43. The van der Waals surface area contributed by atoms with Crippen molar-refractivity contribution in [2.45, 2.75) is 69.7 Å². The van der Waals surface area contributed by atoms with Crippen LogP contribution in [-0.4, -0.2) is 50.0 Å². The van der Waals surface area contributed by atoms with Gasteiger partial charge in [0.15, 0.2) is 0 Å². The van der Waals surface area contributed by atoms with Gasteiger partial charge in [-0.25, -0.2) is 0 Å². The lowest BCUT2D eigenvalue weighted by atomic mass is 9.75. The first-order valence-electron chi connectivity index (χ1n) is 11.8. The molecular formula is C24H33N5O2. The molecule has 4 aliphatic rings. The van der Waals surface area contributed by atoms with Gasteiger partial charge in [-0.05, 0) is 43.7 Å². The van der Waals surface area contributed by atoms with E-state index in [4.69, 9.17) is 0 Å². The number of piperidine rings is 3. The van der Waals surface area contributed by atoms with Crippen LogP contribution in [0.2, 0.25) is 0 Å². The summed E-state index contributed by atoms with van der Waals surface area (Å²) in [6, 6.07) is 10.5. The topological polar surface area (TPSA) is 83.3 Å². The quantitative estimate of drug-likeness (QED) is 0.746. The van der Waals surface area contributed by atoms with E-state index in [1.54, 1.807) is 0 Å². The van der Waals surface area contributed by atoms with Gasteiger partial charge < -0.3 is 10.4 Å². The summed E-state index contributed by atoms with van der Waals surface area (Å²) in [5.41, 5.74) is 1.06. The van der Waals surface area contributed by atoms with Crippen molar-refractivity contribution >= 4 is 5.91 Å². The summed E-state index contributed by atoms with van der Waals surface area (Å²) in [5.74, 6) is 0.679. The zero-order valence-corrected chi connectivity index (χ0v) is 18.1. The molecule has 1 aromatic carbocycles. The van der Waals surface area contributed by atoms with Crippen LogP contribution in [0.1, 0.15) is 56.2 Å². The van der Waals surface area contributed by atoms with E-state index in [2.05, 4.69) is 20.5 Å². The summed E-state index contributed by atoms with van der Waals surface area (Å²) in [7, 11) is 0. The van der Waals surface area contributed by atoms with Crippen LogP contribution in [-0.2, 0) is 23.5 Å². The Morgan fingerprint density at radius 2 is 2.00 bits per heavy atom. The number of hydrogen-bond acceptors (Lipinski definition) is 5. The number of aromatic nitrogens is 3. The molecule has 7 nitrogen and oxygen atoms in total. The number of rotatable bonds is 6. The van der Waals surface area contributed by atoms with Crippen LogP contribution < -0.4 is 5.32 Å². The number of fused-ring (bicyclic) bond motifs is 3. The molecule has 0 radical (unpaired) electrons. The lowest BCUT2D eigenvalue weighted by molar-refractivity contribution is -0.133. The predicted octanol–water partition coefficient (Wildman–Crippen LogP) is 2.46. The molecule has 6 rings (SSSR count). The molecule has 1 unspecified atom stereocenters. The van der Waals surface area contributed by atoms with Crippen LogP contribution in [0.15, 0.2) is 36.5 Å². The molecule has 3 saturated heterocycles. The third-order valence-electron chi connectivity index (χ3n) is 7.62. The Balaban J connectivity index is 1.17. The Kier molecular flexibility index (Phi) is 5.80. The maximum absolute atomic E-state index is 12.8. The molecule has 0 spiro atoms. The molecule has 31 heavy (non-hydrogen) atoms. The van der Waals surface area contributed by atoms with Gasteiger partial charge in [-0.3, -0.25) is 14.4 Å². The van der Waals surface area contributed by atoms with Crippen molar-refractivity contribution in [2.24, 2.45) is 11.8 Å². The van der Waals surface area contributed by atoms with Crippen molar-refractivity contribution in [2.75, 3.05) is 13.1 Å². The van der Waals surface area contributed by atoms with Gasteiger partial charge in [-0.1, -0.05) is 54.8 Å². The van der Waals surface area contributed by atoms with Crippen LogP contribution in [0.3, 0.4) is 0 Å². The maximum Gasteiger partial charge on any atom is 0.224 e. The van der Waals surface area contributed by atoms with Crippen molar-refractivity contribution in [3.8, 4) is 0 Å². The number of aliphatic hydroxyl groups is 1. The highest BCUT2D eigenvalue weighted by molar-refractivity contribution is 5.79. The first-order valence-corrected chi connectivity index (χ1v) is 11.8. The molecule has 2 bridgehead atoms. The van der Waals surface area contributed by atoms with E-state index >= 15 is 0 Å². The van der Waals surface area contributed by atoms with Crippen molar-refractivity contribution in [1.82, 2.24) is 25.2 Å². The van der Waals surface area contributed by atoms with E-state index in [9.17, 15) is 9.90 Å². The van der Waals surface area contributed by atoms with Crippen LogP contribution in [0.4, 0.5) is 0 Å². The van der Waals surface area contributed by atoms with E-state index < -0.39 is 5.60 Å². The largest absolute Gasteiger partial charge is 0.383 e. The van der Waals surface area contributed by atoms with Gasteiger partial charge in [0, 0.05) is 19.1 Å². The Hall–Kier alpha value is -2.25. The van der Waals surface area contributed by atoms with Crippen LogP contribution in [0.5, 0.6) is 0 Å². The molecule has 1 saturated carbocycles. The van der Waals surface area contributed by atoms with Crippen molar-refractivity contribution in [3.63, 3.8) is 0 Å². The zero-order chi connectivity index (χ0) is 21.3. The highest BCUT2D eigenvalue weighted by atomic mass is 16.3. The van der Waals surface area contributed by atoms with E-state index in [1.807, 2.05) is 41.2 Å². The van der Waals surface area contributed by atoms with Crippen molar-refractivity contribution in [3.05, 3.63) is 47.8 Å². The van der Waals surface area contributed by atoms with E-state index in [0.29, 0.717) is 18.5 Å². The minimum Gasteiger partial charge on any atom is -0.383 e. The fourth-order valence-corrected chi connectivity index (χ4v) is 5.75. The summed E-state index contributed by atoms with van der Waals surface area (Å²) < 4.78 is 1.90. The van der Waals surface area contributed by atoms with E-state index in [-0.39, 0.29) is 11.8 Å². The Morgan fingerprint density at radius 3 is 2.74 bits per heavy atom. The standard InChI is InChI=1S/C24H33N5O2/c30-23(25-14-18-7-3-1-4-8-18)21-16-28-12-9-19(21)13-20(28)15-29-17-22(26-27-29)24(31)10-5-2-6-11-24/h1,3-4,7-8,17,19-21,31H,2,5-6,9-16H2,(H,25,30)/t19-,20+,21+/m0/s1. The summed E-state index contributed by atoms with van der Waals surface area (Å²) in [5, 5.41) is 22.7. The van der Waals surface area contributed by atoms with Crippen LogP contribution in [0.25, 0.3) is 0 Å². The van der Waals surface area contributed by atoms with Gasteiger partial charge in [-0.15, -0.1) is 5.10 Å². The van der Waals surface area contributed by atoms with E-state index in [0.717, 1.165) is 69.4 Å². The van der Waals surface area contributed by atoms with Gasteiger partial charge in [0.25, 0.3) is 0 Å². The lowest BCUT2D eigenvalue weighted by Crippen LogP contribution is -2.58. The second-order valence-electron chi connectivity index (χ2n) is 9.66. The number of amides is 1. The van der Waals surface area contributed by atoms with Crippen LogP contribution in [0, 0.1) is 11.8 Å². The smallest absolute Gasteiger partial charge is 0.224 e. The Bertz CT molecular complexity index is 892. The molecule has 3 aliphatic heterocycles. The second-order valence-corrected chi connectivity index (χ2v) is 9.66. The number of carbonyl (C=O) groups excluding carboxylic acids is 1. The third-order valence-corrected chi connectivity index (χ3v) is 7.62.